The van der Waals surface area contributed by atoms with Crippen molar-refractivity contribution in [3.8, 4) is 11.1 Å². The fraction of sp³-hybridized carbons (Fsp3) is 0. The van der Waals surface area contributed by atoms with Crippen LogP contribution in [0.2, 0.25) is 10.0 Å². The molecule has 0 radical (unpaired) electrons. The van der Waals surface area contributed by atoms with Gasteiger partial charge in [0.05, 0.1) is 5.02 Å². The van der Waals surface area contributed by atoms with Crippen LogP contribution in [0.1, 0.15) is 15.9 Å². The minimum absolute atomic E-state index is 0.150. The van der Waals surface area contributed by atoms with Crippen molar-refractivity contribution in [1.82, 2.24) is 4.98 Å². The van der Waals surface area contributed by atoms with Gasteiger partial charge in [0, 0.05) is 34.1 Å². The Bertz CT molecular complexity index is 794. The largest absolute Gasteiger partial charge is 0.366 e. The van der Waals surface area contributed by atoms with Crippen molar-refractivity contribution in [2.75, 3.05) is 0 Å². The highest BCUT2D eigenvalue weighted by Gasteiger charge is 2.18. The lowest BCUT2D eigenvalue weighted by atomic mass is 9.98. The minimum atomic E-state index is -0.150. The topological polar surface area (TPSA) is 32.9 Å². The van der Waals surface area contributed by atoms with Gasteiger partial charge in [0.2, 0.25) is 0 Å². The summed E-state index contributed by atoms with van der Waals surface area (Å²) >= 11 is 12.1. The molecule has 1 heterocycles. The van der Waals surface area contributed by atoms with Gasteiger partial charge in [0.15, 0.2) is 5.78 Å². The molecule has 2 aromatic carbocycles. The van der Waals surface area contributed by atoms with Crippen LogP contribution in [0.25, 0.3) is 11.1 Å². The van der Waals surface area contributed by atoms with E-state index in [0.29, 0.717) is 21.2 Å². The molecule has 0 aliphatic heterocycles. The van der Waals surface area contributed by atoms with Crippen molar-refractivity contribution in [2.45, 2.75) is 0 Å². The fourth-order valence-electron chi connectivity index (χ4n) is 2.22. The fourth-order valence-corrected chi connectivity index (χ4v) is 2.60. The summed E-state index contributed by atoms with van der Waals surface area (Å²) in [6, 6.07) is 14.6. The average Bonchev–Trinajstić information content (AvgIpc) is 2.99. The van der Waals surface area contributed by atoms with E-state index >= 15 is 0 Å². The number of H-pyrrole nitrogens is 1. The molecule has 1 N–H and O–H groups in total. The molecule has 104 valence electrons. The highest BCUT2D eigenvalue weighted by atomic mass is 35.5. The molecular formula is C17H11Cl2NO. The second-order valence-electron chi connectivity index (χ2n) is 4.60. The van der Waals surface area contributed by atoms with Gasteiger partial charge >= 0.3 is 0 Å². The lowest BCUT2D eigenvalue weighted by Crippen LogP contribution is -2.02. The summed E-state index contributed by atoms with van der Waals surface area (Å²) in [5.74, 6) is -0.150. The maximum atomic E-state index is 12.7. The van der Waals surface area contributed by atoms with Crippen molar-refractivity contribution in [3.05, 3.63) is 82.1 Å². The van der Waals surface area contributed by atoms with E-state index in [2.05, 4.69) is 4.98 Å². The summed E-state index contributed by atoms with van der Waals surface area (Å²) in [6.07, 6.45) is 3.49. The van der Waals surface area contributed by atoms with Crippen LogP contribution in [-0.4, -0.2) is 10.8 Å². The van der Waals surface area contributed by atoms with Gasteiger partial charge in [-0.05, 0) is 23.8 Å². The molecule has 0 fully saturated rings. The van der Waals surface area contributed by atoms with Gasteiger partial charge in [0.25, 0.3) is 0 Å². The van der Waals surface area contributed by atoms with Crippen LogP contribution < -0.4 is 0 Å². The summed E-state index contributed by atoms with van der Waals surface area (Å²) in [7, 11) is 0. The van der Waals surface area contributed by atoms with Crippen LogP contribution in [0.15, 0.2) is 60.9 Å². The number of carbonyl (C=O) groups excluding carboxylic acids is 1. The van der Waals surface area contributed by atoms with Crippen LogP contribution in [0.5, 0.6) is 0 Å². The van der Waals surface area contributed by atoms with Crippen LogP contribution in [0.3, 0.4) is 0 Å². The SMILES string of the molecule is O=C(c1cc(Cl)ccc1Cl)c1c[nH]cc1-c1ccccc1. The molecule has 1 aromatic heterocycles. The van der Waals surface area contributed by atoms with Crippen molar-refractivity contribution in [3.63, 3.8) is 0 Å². The monoisotopic (exact) mass is 315 g/mol. The van der Waals surface area contributed by atoms with Gasteiger partial charge < -0.3 is 4.98 Å². The molecule has 0 saturated heterocycles. The molecule has 0 bridgehead atoms. The zero-order valence-electron chi connectivity index (χ0n) is 10.9. The third kappa shape index (κ3) is 2.73. The second kappa shape index (κ2) is 5.76. The number of nitrogens with one attached hydrogen (secondary N) is 1. The number of hydrogen-bond donors (Lipinski definition) is 1. The number of aromatic amines is 1. The summed E-state index contributed by atoms with van der Waals surface area (Å²) in [5, 5.41) is 0.879. The second-order valence-corrected chi connectivity index (χ2v) is 5.45. The third-order valence-electron chi connectivity index (χ3n) is 3.25. The molecule has 3 aromatic rings. The van der Waals surface area contributed by atoms with E-state index in [9.17, 15) is 4.79 Å². The van der Waals surface area contributed by atoms with Crippen LogP contribution >= 0.6 is 23.2 Å². The number of ketones is 1. The Hall–Kier alpha value is -2.03. The first-order chi connectivity index (χ1) is 10.2. The van der Waals surface area contributed by atoms with Crippen LogP contribution in [0.4, 0.5) is 0 Å². The lowest BCUT2D eigenvalue weighted by Gasteiger charge is -2.06. The Morgan fingerprint density at radius 2 is 1.67 bits per heavy atom. The molecule has 0 aliphatic carbocycles. The van der Waals surface area contributed by atoms with E-state index in [4.69, 9.17) is 23.2 Å². The summed E-state index contributed by atoms with van der Waals surface area (Å²) in [4.78, 5) is 15.7. The lowest BCUT2D eigenvalue weighted by molar-refractivity contribution is 0.103. The normalized spacial score (nSPS) is 10.6. The van der Waals surface area contributed by atoms with Crippen molar-refractivity contribution in [2.24, 2.45) is 0 Å². The van der Waals surface area contributed by atoms with Crippen molar-refractivity contribution < 1.29 is 4.79 Å². The number of rotatable bonds is 3. The molecule has 0 saturated carbocycles. The van der Waals surface area contributed by atoms with E-state index < -0.39 is 0 Å². The van der Waals surface area contributed by atoms with Crippen molar-refractivity contribution in [1.29, 1.82) is 0 Å². The number of benzene rings is 2. The van der Waals surface area contributed by atoms with Gasteiger partial charge in [-0.25, -0.2) is 0 Å². The number of aromatic nitrogens is 1. The summed E-state index contributed by atoms with van der Waals surface area (Å²) in [5.41, 5.74) is 2.79. The predicted molar refractivity (Wildman–Crippen MR) is 86.1 cm³/mol. The first kappa shape index (κ1) is 13.9. The molecule has 0 spiro atoms. The summed E-state index contributed by atoms with van der Waals surface area (Å²) < 4.78 is 0. The zero-order chi connectivity index (χ0) is 14.8. The van der Waals surface area contributed by atoms with Crippen LogP contribution in [0, 0.1) is 0 Å². The van der Waals surface area contributed by atoms with E-state index in [0.717, 1.165) is 11.1 Å². The van der Waals surface area contributed by atoms with Gasteiger partial charge in [-0.15, -0.1) is 0 Å². The number of hydrogen-bond acceptors (Lipinski definition) is 1. The third-order valence-corrected chi connectivity index (χ3v) is 3.81. The molecule has 0 unspecified atom stereocenters. The highest BCUT2D eigenvalue weighted by Crippen LogP contribution is 2.29. The van der Waals surface area contributed by atoms with E-state index in [1.54, 1.807) is 30.6 Å². The Labute approximate surface area is 132 Å². The van der Waals surface area contributed by atoms with E-state index in [1.165, 1.54) is 0 Å². The van der Waals surface area contributed by atoms with Crippen molar-refractivity contribution >= 4 is 29.0 Å². The smallest absolute Gasteiger partial charge is 0.196 e. The van der Waals surface area contributed by atoms with E-state index in [1.807, 2.05) is 30.3 Å². The van der Waals surface area contributed by atoms with Gasteiger partial charge in [-0.1, -0.05) is 53.5 Å². The zero-order valence-corrected chi connectivity index (χ0v) is 12.4. The quantitative estimate of drug-likeness (QED) is 0.660. The standard InChI is InChI=1S/C17H11Cl2NO/c18-12-6-7-16(19)13(8-12)17(21)15-10-20-9-14(15)11-4-2-1-3-5-11/h1-10,20H. The Morgan fingerprint density at radius 3 is 2.43 bits per heavy atom. The Balaban J connectivity index is 2.08. The minimum Gasteiger partial charge on any atom is -0.366 e. The molecule has 2 nitrogen and oxygen atoms in total. The van der Waals surface area contributed by atoms with Gasteiger partial charge in [-0.3, -0.25) is 4.79 Å². The Morgan fingerprint density at radius 1 is 0.905 bits per heavy atom. The average molecular weight is 316 g/mol. The molecule has 0 atom stereocenters. The van der Waals surface area contributed by atoms with Gasteiger partial charge in [-0.2, -0.15) is 0 Å². The number of carbonyl (C=O) groups is 1. The maximum absolute atomic E-state index is 12.7. The molecule has 0 aliphatic rings. The highest BCUT2D eigenvalue weighted by molar-refractivity contribution is 6.37. The van der Waals surface area contributed by atoms with Gasteiger partial charge in [0.1, 0.15) is 0 Å². The maximum Gasteiger partial charge on any atom is 0.196 e. The predicted octanol–water partition coefficient (Wildman–Crippen LogP) is 5.22. The van der Waals surface area contributed by atoms with E-state index in [-0.39, 0.29) is 5.78 Å². The first-order valence-electron chi connectivity index (χ1n) is 6.39. The number of halogens is 2. The molecular weight excluding hydrogens is 305 g/mol. The first-order valence-corrected chi connectivity index (χ1v) is 7.14. The molecule has 21 heavy (non-hydrogen) atoms. The Kier molecular flexibility index (Phi) is 3.82. The van der Waals surface area contributed by atoms with Crippen LogP contribution in [-0.2, 0) is 0 Å². The molecule has 3 rings (SSSR count). The molecule has 4 heteroatoms. The molecule has 0 amide bonds. The summed E-state index contributed by atoms with van der Waals surface area (Å²) in [6.45, 7) is 0.